The zero-order valence-electron chi connectivity index (χ0n) is 16.5. The van der Waals surface area contributed by atoms with E-state index in [-0.39, 0.29) is 17.4 Å². The van der Waals surface area contributed by atoms with Gasteiger partial charge in [-0.05, 0) is 43.3 Å². The summed E-state index contributed by atoms with van der Waals surface area (Å²) >= 11 is 1.33. The molecule has 0 spiro atoms. The topological polar surface area (TPSA) is 81.8 Å². The Bertz CT molecular complexity index is 1020. The van der Waals surface area contributed by atoms with Crippen LogP contribution in [0.3, 0.4) is 0 Å². The summed E-state index contributed by atoms with van der Waals surface area (Å²) in [6, 6.07) is 10.9. The van der Waals surface area contributed by atoms with Gasteiger partial charge in [0.2, 0.25) is 5.91 Å². The first-order valence-electron chi connectivity index (χ1n) is 9.14. The Morgan fingerprint density at radius 3 is 2.59 bits per heavy atom. The van der Waals surface area contributed by atoms with Crippen molar-refractivity contribution in [3.8, 4) is 0 Å². The molecule has 0 saturated heterocycles. The van der Waals surface area contributed by atoms with Gasteiger partial charge in [0.05, 0.1) is 5.75 Å². The van der Waals surface area contributed by atoms with Crippen molar-refractivity contribution in [3.05, 3.63) is 72.3 Å². The highest BCUT2D eigenvalue weighted by molar-refractivity contribution is 7.99. The Morgan fingerprint density at radius 2 is 1.97 bits per heavy atom. The van der Waals surface area contributed by atoms with Crippen LogP contribution in [-0.4, -0.2) is 36.8 Å². The largest absolute Gasteiger partial charge is 0.354 e. The Kier molecular flexibility index (Phi) is 6.66. The highest BCUT2D eigenvalue weighted by Crippen LogP contribution is 2.20. The average Bonchev–Trinajstić information content (AvgIpc) is 3.27. The lowest BCUT2D eigenvalue weighted by atomic mass is 10.1. The van der Waals surface area contributed by atoms with E-state index in [1.165, 1.54) is 18.7 Å². The Balaban J connectivity index is 1.63. The predicted molar refractivity (Wildman–Crippen MR) is 114 cm³/mol. The SMILES string of the molecule is C=CCn1c(Cc2cccn2C)nnc1SCC(=O)Nc1ccc(C(C)=O)cc1. The van der Waals surface area contributed by atoms with Crippen LogP contribution in [-0.2, 0) is 24.8 Å². The van der Waals surface area contributed by atoms with Gasteiger partial charge in [-0.3, -0.25) is 9.59 Å². The van der Waals surface area contributed by atoms with E-state index < -0.39 is 0 Å². The van der Waals surface area contributed by atoms with Gasteiger partial charge in [-0.2, -0.15) is 0 Å². The van der Waals surface area contributed by atoms with Crippen molar-refractivity contribution >= 4 is 29.1 Å². The summed E-state index contributed by atoms with van der Waals surface area (Å²) in [6.07, 6.45) is 4.44. The Morgan fingerprint density at radius 1 is 1.21 bits per heavy atom. The standard InChI is InChI=1S/C21H23N5O2S/c1-4-11-26-19(13-18-6-5-12-25(18)3)23-24-21(26)29-14-20(28)22-17-9-7-16(8-10-17)15(2)27/h4-10,12H,1,11,13-14H2,2-3H3,(H,22,28). The lowest BCUT2D eigenvalue weighted by Crippen LogP contribution is -2.15. The summed E-state index contributed by atoms with van der Waals surface area (Å²) in [5.41, 5.74) is 2.39. The number of hydrogen-bond donors (Lipinski definition) is 1. The molecule has 0 unspecified atom stereocenters. The van der Waals surface area contributed by atoms with Crippen LogP contribution >= 0.6 is 11.8 Å². The van der Waals surface area contributed by atoms with Crippen LogP contribution in [0.4, 0.5) is 5.69 Å². The van der Waals surface area contributed by atoms with Crippen molar-refractivity contribution in [2.45, 2.75) is 25.0 Å². The minimum absolute atomic E-state index is 0.00821. The third-order valence-electron chi connectivity index (χ3n) is 4.40. The number of allylic oxidation sites excluding steroid dienone is 1. The molecule has 0 fully saturated rings. The van der Waals surface area contributed by atoms with Crippen LogP contribution in [0.15, 0.2) is 60.4 Å². The highest BCUT2D eigenvalue weighted by Gasteiger charge is 2.15. The second-order valence-electron chi connectivity index (χ2n) is 6.56. The molecule has 3 rings (SSSR count). The maximum atomic E-state index is 12.3. The average molecular weight is 410 g/mol. The summed E-state index contributed by atoms with van der Waals surface area (Å²) in [4.78, 5) is 23.6. The molecule has 1 amide bonds. The zero-order valence-corrected chi connectivity index (χ0v) is 17.3. The molecule has 0 aliphatic rings. The van der Waals surface area contributed by atoms with Gasteiger partial charge in [0, 0.05) is 43.2 Å². The number of thioether (sulfide) groups is 1. The second-order valence-corrected chi connectivity index (χ2v) is 7.50. The molecule has 0 bridgehead atoms. The van der Waals surface area contributed by atoms with Crippen molar-refractivity contribution in [3.63, 3.8) is 0 Å². The normalized spacial score (nSPS) is 10.7. The fraction of sp³-hybridized carbons (Fsp3) is 0.238. The zero-order chi connectivity index (χ0) is 20.8. The maximum absolute atomic E-state index is 12.3. The van der Waals surface area contributed by atoms with E-state index in [0.717, 1.165) is 11.5 Å². The quantitative estimate of drug-likeness (QED) is 0.333. The van der Waals surface area contributed by atoms with Gasteiger partial charge >= 0.3 is 0 Å². The van der Waals surface area contributed by atoms with Crippen LogP contribution in [0.1, 0.15) is 28.8 Å². The number of carbonyl (C=O) groups is 2. The lowest BCUT2D eigenvalue weighted by molar-refractivity contribution is -0.113. The number of carbonyl (C=O) groups excluding carboxylic acids is 2. The lowest BCUT2D eigenvalue weighted by Gasteiger charge is -2.09. The number of amides is 1. The van der Waals surface area contributed by atoms with E-state index in [1.54, 1.807) is 30.3 Å². The number of aryl methyl sites for hydroxylation is 1. The van der Waals surface area contributed by atoms with Crippen molar-refractivity contribution in [1.82, 2.24) is 19.3 Å². The van der Waals surface area contributed by atoms with Gasteiger partial charge in [0.25, 0.3) is 0 Å². The summed E-state index contributed by atoms with van der Waals surface area (Å²) in [6.45, 7) is 5.89. The summed E-state index contributed by atoms with van der Waals surface area (Å²) in [5, 5.41) is 12.1. The van der Waals surface area contributed by atoms with Crippen LogP contribution in [0.2, 0.25) is 0 Å². The van der Waals surface area contributed by atoms with Gasteiger partial charge in [0.1, 0.15) is 5.82 Å². The summed E-state index contributed by atoms with van der Waals surface area (Å²) in [5.74, 6) is 0.872. The molecule has 0 aliphatic heterocycles. The molecule has 3 aromatic rings. The molecule has 2 heterocycles. The number of hydrogen-bond acceptors (Lipinski definition) is 5. The number of rotatable bonds is 9. The van der Waals surface area contributed by atoms with Crippen LogP contribution in [0, 0.1) is 0 Å². The fourth-order valence-corrected chi connectivity index (χ4v) is 3.59. The van der Waals surface area contributed by atoms with Crippen molar-refractivity contribution in [2.24, 2.45) is 7.05 Å². The maximum Gasteiger partial charge on any atom is 0.234 e. The molecular formula is C21H23N5O2S. The van der Waals surface area contributed by atoms with E-state index >= 15 is 0 Å². The highest BCUT2D eigenvalue weighted by atomic mass is 32.2. The molecule has 0 radical (unpaired) electrons. The first-order chi connectivity index (χ1) is 14.0. The fourth-order valence-electron chi connectivity index (χ4n) is 2.83. The van der Waals surface area contributed by atoms with Crippen molar-refractivity contribution in [2.75, 3.05) is 11.1 Å². The van der Waals surface area contributed by atoms with Crippen LogP contribution in [0.25, 0.3) is 0 Å². The molecule has 0 saturated carbocycles. The molecule has 0 atom stereocenters. The minimum atomic E-state index is -0.150. The van der Waals surface area contributed by atoms with E-state index in [1.807, 2.05) is 34.5 Å². The monoisotopic (exact) mass is 409 g/mol. The molecular weight excluding hydrogens is 386 g/mol. The smallest absolute Gasteiger partial charge is 0.234 e. The number of anilines is 1. The molecule has 8 heteroatoms. The van der Waals surface area contributed by atoms with Crippen molar-refractivity contribution in [1.29, 1.82) is 0 Å². The van der Waals surface area contributed by atoms with Crippen LogP contribution < -0.4 is 5.32 Å². The predicted octanol–water partition coefficient (Wildman–Crippen LogP) is 3.33. The molecule has 1 N–H and O–H groups in total. The van der Waals surface area contributed by atoms with E-state index in [4.69, 9.17) is 0 Å². The van der Waals surface area contributed by atoms with Crippen LogP contribution in [0.5, 0.6) is 0 Å². The molecule has 0 aliphatic carbocycles. The third kappa shape index (κ3) is 5.23. The first kappa shape index (κ1) is 20.6. The molecule has 29 heavy (non-hydrogen) atoms. The number of Topliss-reactive ketones (excluding diaryl/α,β-unsaturated/α-hetero) is 1. The second kappa shape index (κ2) is 9.38. The first-order valence-corrected chi connectivity index (χ1v) is 10.1. The minimum Gasteiger partial charge on any atom is -0.354 e. The molecule has 1 aromatic carbocycles. The van der Waals surface area contributed by atoms with Crippen molar-refractivity contribution < 1.29 is 9.59 Å². The molecule has 7 nitrogen and oxygen atoms in total. The number of nitrogens with one attached hydrogen (secondary N) is 1. The van der Waals surface area contributed by atoms with E-state index in [2.05, 4.69) is 22.1 Å². The number of aromatic nitrogens is 4. The Labute approximate surface area is 173 Å². The van der Waals surface area contributed by atoms with Gasteiger partial charge in [-0.25, -0.2) is 0 Å². The number of benzene rings is 1. The molecule has 2 aromatic heterocycles. The van der Waals surface area contributed by atoms with Gasteiger partial charge in [-0.1, -0.05) is 17.8 Å². The number of nitrogens with zero attached hydrogens (tertiary/aromatic N) is 4. The van der Waals surface area contributed by atoms with Gasteiger partial charge in [-0.15, -0.1) is 16.8 Å². The van der Waals surface area contributed by atoms with Gasteiger partial charge < -0.3 is 14.5 Å². The summed E-state index contributed by atoms with van der Waals surface area (Å²) in [7, 11) is 1.99. The molecule has 150 valence electrons. The number of ketones is 1. The van der Waals surface area contributed by atoms with Gasteiger partial charge in [0.15, 0.2) is 10.9 Å². The summed E-state index contributed by atoms with van der Waals surface area (Å²) < 4.78 is 4.02. The Hall–Kier alpha value is -3.13. The third-order valence-corrected chi connectivity index (χ3v) is 5.37. The van der Waals surface area contributed by atoms with E-state index in [9.17, 15) is 9.59 Å². The van der Waals surface area contributed by atoms with E-state index in [0.29, 0.717) is 29.4 Å².